The number of benzene rings is 1. The second kappa shape index (κ2) is 6.47. The number of carbonyl (C=O) groups excluding carboxylic acids is 1. The van der Waals surface area contributed by atoms with Gasteiger partial charge < -0.3 is 15.4 Å². The van der Waals surface area contributed by atoms with E-state index in [1.165, 1.54) is 0 Å². The van der Waals surface area contributed by atoms with Crippen LogP contribution in [-0.2, 0) is 9.53 Å². The first-order valence-corrected chi connectivity index (χ1v) is 7.70. The Morgan fingerprint density at radius 1 is 1.26 bits per heavy atom. The van der Waals surface area contributed by atoms with Crippen LogP contribution in [0.2, 0.25) is 0 Å². The zero-order valence-electron chi connectivity index (χ0n) is 13.3. The molecule has 0 saturated carbocycles. The molecule has 3 rings (SSSR count). The third-order valence-electron chi connectivity index (χ3n) is 4.21. The molecule has 3 N–H and O–H groups in total. The molecule has 0 aliphatic carbocycles. The van der Waals surface area contributed by atoms with Gasteiger partial charge in [-0.3, -0.25) is 9.89 Å². The summed E-state index contributed by atoms with van der Waals surface area (Å²) in [6.45, 7) is 3.42. The fraction of sp³-hybridized carbons (Fsp3) is 0.438. The zero-order chi connectivity index (χ0) is 16.3. The van der Waals surface area contributed by atoms with Gasteiger partial charge in [0.1, 0.15) is 11.4 Å². The number of carbonyl (C=O) groups is 1. The van der Waals surface area contributed by atoms with E-state index in [4.69, 9.17) is 4.74 Å². The minimum absolute atomic E-state index is 0.0945. The topological polar surface area (TPSA) is 91.9 Å². The number of methoxy groups -OCH3 is 1. The number of nitrogens with zero attached hydrogens (tertiary/aromatic N) is 2. The summed E-state index contributed by atoms with van der Waals surface area (Å²) >= 11 is 0. The Labute approximate surface area is 134 Å². The van der Waals surface area contributed by atoms with Gasteiger partial charge in [0.25, 0.3) is 5.91 Å². The first-order valence-electron chi connectivity index (χ1n) is 7.70. The lowest BCUT2D eigenvalue weighted by molar-refractivity contribution is -0.140. The van der Waals surface area contributed by atoms with E-state index in [1.807, 2.05) is 31.2 Å². The molecule has 0 radical (unpaired) electrons. The lowest BCUT2D eigenvalue weighted by Gasteiger charge is -2.34. The third kappa shape index (κ3) is 3.25. The molecule has 2 heterocycles. The van der Waals surface area contributed by atoms with Crippen molar-refractivity contribution in [3.05, 3.63) is 30.1 Å². The molecule has 1 fully saturated rings. The second-order valence-electron chi connectivity index (χ2n) is 5.72. The number of aryl methyl sites for hydroxylation is 1. The Balaban J connectivity index is 1.71. The molecule has 122 valence electrons. The summed E-state index contributed by atoms with van der Waals surface area (Å²) in [6.07, 6.45) is 1.34. The van der Waals surface area contributed by atoms with Gasteiger partial charge in [-0.2, -0.15) is 5.10 Å². The first kappa shape index (κ1) is 15.6. The number of aromatic nitrogens is 3. The third-order valence-corrected chi connectivity index (χ3v) is 4.21. The second-order valence-corrected chi connectivity index (χ2v) is 5.72. The maximum atomic E-state index is 12.6. The van der Waals surface area contributed by atoms with Crippen molar-refractivity contribution in [1.29, 1.82) is 0 Å². The monoisotopic (exact) mass is 315 g/mol. The molecule has 1 amide bonds. The van der Waals surface area contributed by atoms with E-state index in [9.17, 15) is 4.79 Å². The number of nitrogens with one attached hydrogen (secondary N) is 3. The Morgan fingerprint density at radius 3 is 2.52 bits per heavy atom. The summed E-state index contributed by atoms with van der Waals surface area (Å²) in [4.78, 5) is 16.9. The van der Waals surface area contributed by atoms with Gasteiger partial charge >= 0.3 is 0 Å². The summed E-state index contributed by atoms with van der Waals surface area (Å²) in [7, 11) is 1.60. The Hall–Kier alpha value is -2.25. The molecule has 1 aliphatic heterocycles. The number of piperidine rings is 1. The number of amides is 1. The van der Waals surface area contributed by atoms with Crippen molar-refractivity contribution in [2.75, 3.05) is 25.5 Å². The fourth-order valence-electron chi connectivity index (χ4n) is 2.77. The Morgan fingerprint density at radius 2 is 1.96 bits per heavy atom. The number of hydrogen-bond acceptors (Lipinski definition) is 5. The number of hydrogen-bond donors (Lipinski definition) is 3. The fourth-order valence-corrected chi connectivity index (χ4v) is 2.77. The lowest BCUT2D eigenvalue weighted by Crippen LogP contribution is -2.51. The van der Waals surface area contributed by atoms with Gasteiger partial charge in [-0.05, 0) is 57.1 Å². The largest absolute Gasteiger partial charge is 0.368 e. The van der Waals surface area contributed by atoms with Crippen LogP contribution in [-0.4, -0.2) is 46.9 Å². The smallest absolute Gasteiger partial charge is 0.256 e. The van der Waals surface area contributed by atoms with Gasteiger partial charge in [0.05, 0.1) is 0 Å². The summed E-state index contributed by atoms with van der Waals surface area (Å²) < 4.78 is 5.53. The highest BCUT2D eigenvalue weighted by atomic mass is 16.5. The standard InChI is InChI=1S/C16H21N5O2/c1-11-18-14(21-20-11)12-3-5-13(6-4-12)19-15(22)16(23-2)7-9-17-10-8-16/h3-6,17H,7-10H2,1-2H3,(H,19,22)(H,18,20,21). The van der Waals surface area contributed by atoms with Crippen LogP contribution in [0.1, 0.15) is 18.7 Å². The van der Waals surface area contributed by atoms with Crippen LogP contribution in [0.4, 0.5) is 5.69 Å². The number of anilines is 1. The summed E-state index contributed by atoms with van der Waals surface area (Å²) in [5.74, 6) is 1.32. The summed E-state index contributed by atoms with van der Waals surface area (Å²) in [6, 6.07) is 7.48. The van der Waals surface area contributed by atoms with Crippen LogP contribution in [0.5, 0.6) is 0 Å². The lowest BCUT2D eigenvalue weighted by atomic mass is 9.91. The molecular weight excluding hydrogens is 294 g/mol. The van der Waals surface area contributed by atoms with Crippen molar-refractivity contribution < 1.29 is 9.53 Å². The maximum absolute atomic E-state index is 12.6. The van der Waals surface area contributed by atoms with E-state index in [2.05, 4.69) is 25.8 Å². The van der Waals surface area contributed by atoms with Crippen LogP contribution in [0.25, 0.3) is 11.4 Å². The normalized spacial score (nSPS) is 17.0. The van der Waals surface area contributed by atoms with E-state index in [0.29, 0.717) is 18.7 Å². The molecule has 1 aliphatic rings. The minimum atomic E-state index is -0.745. The SMILES string of the molecule is COC1(C(=O)Nc2ccc(-c3n[nH]c(C)n3)cc2)CCNCC1. The van der Waals surface area contributed by atoms with Gasteiger partial charge in [0, 0.05) is 18.4 Å². The first-order chi connectivity index (χ1) is 11.1. The molecule has 1 aromatic carbocycles. The van der Waals surface area contributed by atoms with Crippen molar-refractivity contribution in [2.45, 2.75) is 25.4 Å². The molecule has 0 atom stereocenters. The number of aromatic amines is 1. The molecule has 7 nitrogen and oxygen atoms in total. The van der Waals surface area contributed by atoms with E-state index in [-0.39, 0.29) is 5.91 Å². The highest BCUT2D eigenvalue weighted by molar-refractivity contribution is 5.97. The van der Waals surface area contributed by atoms with E-state index in [0.717, 1.165) is 30.2 Å². The van der Waals surface area contributed by atoms with Crippen molar-refractivity contribution in [3.8, 4) is 11.4 Å². The van der Waals surface area contributed by atoms with Crippen molar-refractivity contribution in [3.63, 3.8) is 0 Å². The average molecular weight is 315 g/mol. The van der Waals surface area contributed by atoms with Crippen LogP contribution in [0.3, 0.4) is 0 Å². The highest BCUT2D eigenvalue weighted by Gasteiger charge is 2.39. The molecular formula is C16H21N5O2. The molecule has 23 heavy (non-hydrogen) atoms. The van der Waals surface area contributed by atoms with Crippen LogP contribution >= 0.6 is 0 Å². The van der Waals surface area contributed by atoms with Gasteiger partial charge in [-0.25, -0.2) is 4.98 Å². The number of rotatable bonds is 4. The van der Waals surface area contributed by atoms with E-state index < -0.39 is 5.60 Å². The number of H-pyrrole nitrogens is 1. The molecule has 7 heteroatoms. The van der Waals surface area contributed by atoms with Crippen LogP contribution in [0, 0.1) is 6.92 Å². The molecule has 0 bridgehead atoms. The molecule has 0 spiro atoms. The Bertz CT molecular complexity index is 674. The quantitative estimate of drug-likeness (QED) is 0.795. The van der Waals surface area contributed by atoms with Gasteiger partial charge in [0.2, 0.25) is 0 Å². The minimum Gasteiger partial charge on any atom is -0.368 e. The molecule has 0 unspecified atom stereocenters. The van der Waals surface area contributed by atoms with Gasteiger partial charge in [0.15, 0.2) is 5.82 Å². The summed E-state index contributed by atoms with van der Waals surface area (Å²) in [5.41, 5.74) is 0.891. The summed E-state index contributed by atoms with van der Waals surface area (Å²) in [5, 5.41) is 13.1. The van der Waals surface area contributed by atoms with E-state index >= 15 is 0 Å². The highest BCUT2D eigenvalue weighted by Crippen LogP contribution is 2.25. The Kier molecular flexibility index (Phi) is 4.40. The number of ether oxygens (including phenoxy) is 1. The van der Waals surface area contributed by atoms with Gasteiger partial charge in [-0.1, -0.05) is 0 Å². The van der Waals surface area contributed by atoms with Crippen molar-refractivity contribution in [1.82, 2.24) is 20.5 Å². The molecule has 1 saturated heterocycles. The predicted octanol–water partition coefficient (Wildman–Crippen LogP) is 1.49. The van der Waals surface area contributed by atoms with Crippen molar-refractivity contribution in [2.24, 2.45) is 0 Å². The molecule has 2 aromatic rings. The average Bonchev–Trinajstić information content (AvgIpc) is 3.02. The van der Waals surface area contributed by atoms with Crippen LogP contribution in [0.15, 0.2) is 24.3 Å². The maximum Gasteiger partial charge on any atom is 0.256 e. The molecule has 1 aromatic heterocycles. The predicted molar refractivity (Wildman–Crippen MR) is 87.0 cm³/mol. The van der Waals surface area contributed by atoms with Crippen molar-refractivity contribution >= 4 is 11.6 Å². The van der Waals surface area contributed by atoms with Gasteiger partial charge in [-0.15, -0.1) is 0 Å². The van der Waals surface area contributed by atoms with E-state index in [1.54, 1.807) is 7.11 Å². The van der Waals surface area contributed by atoms with Crippen LogP contribution < -0.4 is 10.6 Å². The zero-order valence-corrected chi connectivity index (χ0v) is 13.3.